The van der Waals surface area contributed by atoms with E-state index in [2.05, 4.69) is 22.1 Å². The topological polar surface area (TPSA) is 40.8 Å². The maximum absolute atomic E-state index is 5.30. The van der Waals surface area contributed by atoms with Crippen LogP contribution in [0.15, 0.2) is 27.8 Å². The van der Waals surface area contributed by atoms with Crippen molar-refractivity contribution in [2.75, 3.05) is 26.2 Å². The summed E-state index contributed by atoms with van der Waals surface area (Å²) >= 11 is 0. The summed E-state index contributed by atoms with van der Waals surface area (Å²) in [4.78, 5) is 6.98. The van der Waals surface area contributed by atoms with Gasteiger partial charge < -0.3 is 14.6 Å². The first-order valence-corrected chi connectivity index (χ1v) is 6.46. The second-order valence-corrected chi connectivity index (χ2v) is 4.26. The molecule has 1 aliphatic rings. The molecular formula is C13H21N3O. The fourth-order valence-electron chi connectivity index (χ4n) is 2.08. The number of aliphatic imine (C=N–C) groups is 1. The predicted octanol–water partition coefficient (Wildman–Crippen LogP) is 1.88. The molecule has 2 rings (SSSR count). The summed E-state index contributed by atoms with van der Waals surface area (Å²) in [6.07, 6.45) is 5.14. The zero-order chi connectivity index (χ0) is 11.9. The monoisotopic (exact) mass is 235 g/mol. The predicted molar refractivity (Wildman–Crippen MR) is 69.2 cm³/mol. The highest BCUT2D eigenvalue weighted by Gasteiger charge is 2.15. The molecule has 0 unspecified atom stereocenters. The van der Waals surface area contributed by atoms with Gasteiger partial charge in [0, 0.05) is 32.6 Å². The highest BCUT2D eigenvalue weighted by molar-refractivity contribution is 5.80. The summed E-state index contributed by atoms with van der Waals surface area (Å²) in [6, 6.07) is 3.92. The molecule has 1 saturated heterocycles. The third kappa shape index (κ3) is 3.51. The van der Waals surface area contributed by atoms with Crippen molar-refractivity contribution in [3.05, 3.63) is 24.2 Å². The zero-order valence-corrected chi connectivity index (χ0v) is 10.5. The molecule has 0 amide bonds. The lowest BCUT2D eigenvalue weighted by atomic mass is 10.3. The molecule has 1 N–H and O–H groups in total. The molecular weight excluding hydrogens is 214 g/mol. The van der Waals surface area contributed by atoms with Gasteiger partial charge in [-0.15, -0.1) is 0 Å². The number of nitrogens with one attached hydrogen (secondary N) is 1. The molecule has 2 heterocycles. The summed E-state index contributed by atoms with van der Waals surface area (Å²) in [5.41, 5.74) is 0. The molecule has 4 nitrogen and oxygen atoms in total. The van der Waals surface area contributed by atoms with Crippen LogP contribution in [0.3, 0.4) is 0 Å². The average molecular weight is 235 g/mol. The summed E-state index contributed by atoms with van der Waals surface area (Å²) in [5.74, 6) is 2.06. The van der Waals surface area contributed by atoms with Crippen molar-refractivity contribution in [2.24, 2.45) is 4.99 Å². The number of furan rings is 1. The van der Waals surface area contributed by atoms with Crippen LogP contribution in [0.2, 0.25) is 0 Å². The van der Waals surface area contributed by atoms with Gasteiger partial charge in [-0.2, -0.15) is 0 Å². The van der Waals surface area contributed by atoms with Gasteiger partial charge in [0.25, 0.3) is 0 Å². The van der Waals surface area contributed by atoms with Crippen LogP contribution in [-0.2, 0) is 6.42 Å². The Morgan fingerprint density at radius 1 is 1.47 bits per heavy atom. The molecule has 94 valence electrons. The quantitative estimate of drug-likeness (QED) is 0.640. The van der Waals surface area contributed by atoms with Crippen molar-refractivity contribution in [2.45, 2.75) is 26.2 Å². The molecule has 4 heteroatoms. The highest BCUT2D eigenvalue weighted by Crippen LogP contribution is 2.08. The van der Waals surface area contributed by atoms with Crippen molar-refractivity contribution < 1.29 is 4.42 Å². The third-order valence-electron chi connectivity index (χ3n) is 2.94. The minimum Gasteiger partial charge on any atom is -0.469 e. The summed E-state index contributed by atoms with van der Waals surface area (Å²) in [5, 5.41) is 3.35. The van der Waals surface area contributed by atoms with E-state index < -0.39 is 0 Å². The Hall–Kier alpha value is -1.45. The van der Waals surface area contributed by atoms with Gasteiger partial charge in [-0.1, -0.05) is 0 Å². The minimum atomic E-state index is 0.784. The molecule has 1 aromatic rings. The SMILES string of the molecule is CCNC(=NCCc1ccco1)N1CCCC1. The number of guanidine groups is 1. The van der Waals surface area contributed by atoms with E-state index >= 15 is 0 Å². The molecule has 0 aromatic carbocycles. The first-order valence-electron chi connectivity index (χ1n) is 6.46. The van der Waals surface area contributed by atoms with E-state index in [9.17, 15) is 0 Å². The Kier molecular flexibility index (Phi) is 4.47. The first kappa shape index (κ1) is 12.0. The zero-order valence-electron chi connectivity index (χ0n) is 10.5. The average Bonchev–Trinajstić information content (AvgIpc) is 3.01. The molecule has 0 radical (unpaired) electrons. The van der Waals surface area contributed by atoms with Gasteiger partial charge in [-0.05, 0) is 31.9 Å². The standard InChI is InChI=1S/C13H21N3O/c1-2-14-13(16-9-3-4-10-16)15-8-7-12-6-5-11-17-12/h5-6,11H,2-4,7-10H2,1H3,(H,14,15). The highest BCUT2D eigenvalue weighted by atomic mass is 16.3. The van der Waals surface area contributed by atoms with Gasteiger partial charge in [0.05, 0.1) is 6.26 Å². The molecule has 1 aliphatic heterocycles. The number of hydrogen-bond acceptors (Lipinski definition) is 2. The van der Waals surface area contributed by atoms with Crippen LogP contribution in [0.5, 0.6) is 0 Å². The molecule has 0 saturated carbocycles. The normalized spacial score (nSPS) is 16.5. The Morgan fingerprint density at radius 2 is 2.29 bits per heavy atom. The van der Waals surface area contributed by atoms with Gasteiger partial charge in [-0.25, -0.2) is 0 Å². The largest absolute Gasteiger partial charge is 0.469 e. The lowest BCUT2D eigenvalue weighted by Crippen LogP contribution is -2.39. The van der Waals surface area contributed by atoms with E-state index in [1.807, 2.05) is 12.1 Å². The molecule has 17 heavy (non-hydrogen) atoms. The van der Waals surface area contributed by atoms with E-state index in [0.29, 0.717) is 0 Å². The van der Waals surface area contributed by atoms with Crippen LogP contribution < -0.4 is 5.32 Å². The molecule has 0 atom stereocenters. The van der Waals surface area contributed by atoms with Crippen molar-refractivity contribution in [1.29, 1.82) is 0 Å². The molecule has 1 fully saturated rings. The van der Waals surface area contributed by atoms with E-state index in [1.54, 1.807) is 6.26 Å². The smallest absolute Gasteiger partial charge is 0.193 e. The molecule has 1 aromatic heterocycles. The van der Waals surface area contributed by atoms with E-state index in [-0.39, 0.29) is 0 Å². The number of rotatable bonds is 4. The van der Waals surface area contributed by atoms with Crippen LogP contribution in [0.4, 0.5) is 0 Å². The van der Waals surface area contributed by atoms with E-state index in [1.165, 1.54) is 12.8 Å². The van der Waals surface area contributed by atoms with Crippen molar-refractivity contribution >= 4 is 5.96 Å². The Morgan fingerprint density at radius 3 is 2.94 bits per heavy atom. The number of hydrogen-bond donors (Lipinski definition) is 1. The minimum absolute atomic E-state index is 0.784. The lowest BCUT2D eigenvalue weighted by molar-refractivity contribution is 0.489. The van der Waals surface area contributed by atoms with Gasteiger partial charge in [0.2, 0.25) is 0 Å². The van der Waals surface area contributed by atoms with Crippen LogP contribution in [0.1, 0.15) is 25.5 Å². The Labute approximate surface area is 103 Å². The number of nitrogens with zero attached hydrogens (tertiary/aromatic N) is 2. The second kappa shape index (κ2) is 6.33. The number of likely N-dealkylation sites (tertiary alicyclic amines) is 1. The Balaban J connectivity index is 1.86. The first-order chi connectivity index (χ1) is 8.40. The fraction of sp³-hybridized carbons (Fsp3) is 0.615. The Bertz CT molecular complexity index is 340. The molecule has 0 aliphatic carbocycles. The van der Waals surface area contributed by atoms with Crippen LogP contribution >= 0.6 is 0 Å². The van der Waals surface area contributed by atoms with Gasteiger partial charge in [-0.3, -0.25) is 4.99 Å². The van der Waals surface area contributed by atoms with Crippen molar-refractivity contribution in [3.8, 4) is 0 Å². The van der Waals surface area contributed by atoms with Gasteiger partial charge in [0.1, 0.15) is 5.76 Å². The van der Waals surface area contributed by atoms with E-state index in [4.69, 9.17) is 4.42 Å². The molecule has 0 spiro atoms. The summed E-state index contributed by atoms with van der Waals surface area (Å²) in [6.45, 7) is 6.08. The third-order valence-corrected chi connectivity index (χ3v) is 2.94. The van der Waals surface area contributed by atoms with Crippen molar-refractivity contribution in [1.82, 2.24) is 10.2 Å². The van der Waals surface area contributed by atoms with Crippen molar-refractivity contribution in [3.63, 3.8) is 0 Å². The van der Waals surface area contributed by atoms with Crippen LogP contribution in [0.25, 0.3) is 0 Å². The van der Waals surface area contributed by atoms with Gasteiger partial charge in [0.15, 0.2) is 5.96 Å². The summed E-state index contributed by atoms with van der Waals surface area (Å²) < 4.78 is 5.30. The fourth-order valence-corrected chi connectivity index (χ4v) is 2.08. The summed E-state index contributed by atoms with van der Waals surface area (Å²) in [7, 11) is 0. The van der Waals surface area contributed by atoms with Crippen LogP contribution in [-0.4, -0.2) is 37.0 Å². The molecule has 0 bridgehead atoms. The lowest BCUT2D eigenvalue weighted by Gasteiger charge is -2.20. The second-order valence-electron chi connectivity index (χ2n) is 4.26. The van der Waals surface area contributed by atoms with Crippen LogP contribution in [0, 0.1) is 0 Å². The van der Waals surface area contributed by atoms with E-state index in [0.717, 1.165) is 44.3 Å². The maximum atomic E-state index is 5.30. The van der Waals surface area contributed by atoms with Gasteiger partial charge >= 0.3 is 0 Å². The maximum Gasteiger partial charge on any atom is 0.193 e.